The van der Waals surface area contributed by atoms with Gasteiger partial charge in [0.2, 0.25) is 0 Å². The van der Waals surface area contributed by atoms with Gasteiger partial charge in [0.05, 0.1) is 49.3 Å². The molecule has 8 saturated carbocycles. The number of rotatable bonds is 0. The third kappa shape index (κ3) is 7.56. The Morgan fingerprint density at radius 3 is 0.412 bits per heavy atom. The normalized spacial score (nSPS) is 68.1. The van der Waals surface area contributed by atoms with Gasteiger partial charge in [0.15, 0.2) is 37.0 Å². The average molecular weight is 1200 g/mol. The van der Waals surface area contributed by atoms with E-state index in [-0.39, 0.29) is 0 Å². The molecule has 0 amide bonds. The Hall–Kier alpha value is -1.93. The number of halogens is 23. The second-order valence-electron chi connectivity index (χ2n) is 25.5. The van der Waals surface area contributed by atoms with Crippen LogP contribution in [0.5, 0.6) is 0 Å². The summed E-state index contributed by atoms with van der Waals surface area (Å²) in [6.45, 7) is 0.891. The molecule has 0 radical (unpaired) electrons. The highest BCUT2D eigenvalue weighted by Gasteiger charge is 2.75. The maximum atomic E-state index is 17.6. The summed E-state index contributed by atoms with van der Waals surface area (Å²) in [5.41, 5.74) is 0. The van der Waals surface area contributed by atoms with E-state index >= 15 is 101 Å². The Morgan fingerprint density at radius 1 is 0.138 bits per heavy atom. The van der Waals surface area contributed by atoms with Crippen LogP contribution in [0, 0.1) is 101 Å². The summed E-state index contributed by atoms with van der Waals surface area (Å²) < 4.78 is 375. The summed E-state index contributed by atoms with van der Waals surface area (Å²) in [6, 6.07) is 0. The van der Waals surface area contributed by atoms with Crippen LogP contribution in [-0.4, -0.2) is 191 Å². The zero-order chi connectivity index (χ0) is 57.4. The van der Waals surface area contributed by atoms with E-state index in [0.29, 0.717) is 0 Å². The van der Waals surface area contributed by atoms with E-state index in [1.165, 1.54) is 0 Å². The average Bonchev–Trinajstić information content (AvgIpc) is 4.37. The first kappa shape index (κ1) is 57.2. The lowest BCUT2D eigenvalue weighted by Crippen LogP contribution is -2.67. The number of nitrogens with one attached hydrogen (secondary N) is 8. The topological polar surface area (TPSA) is 96.2 Å². The highest BCUT2D eigenvalue weighted by atomic mass is 19.2. The molecule has 48 atom stereocenters. The maximum absolute atomic E-state index is 17.6. The van der Waals surface area contributed by atoms with Crippen LogP contribution >= 0.6 is 0 Å². The summed E-state index contributed by atoms with van der Waals surface area (Å²) in [7, 11) is 0. The molecule has 0 aromatic heterocycles. The molecule has 8 aliphatic carbocycles. The first-order chi connectivity index (χ1) is 37.7. The maximum Gasteiger partial charge on any atom is 0.165 e. The lowest BCUT2D eigenvalue weighted by molar-refractivity contribution is -0.175. The number of fused-ring (bicyclic) bond motifs is 24. The van der Waals surface area contributed by atoms with Crippen molar-refractivity contribution in [3.8, 4) is 0 Å². The lowest BCUT2D eigenvalue weighted by atomic mass is 9.57. The van der Waals surface area contributed by atoms with Gasteiger partial charge in [-0.1, -0.05) is 6.92 Å². The van der Waals surface area contributed by atoms with Gasteiger partial charge in [-0.25, -0.2) is 101 Å². The first-order valence-electron chi connectivity index (χ1n) is 27.5. The van der Waals surface area contributed by atoms with Gasteiger partial charge in [-0.15, -0.1) is 0 Å². The Balaban J connectivity index is 0.956. The molecule has 5 saturated heterocycles. The van der Waals surface area contributed by atoms with Gasteiger partial charge in [-0.05, 0) is 0 Å². The van der Waals surface area contributed by atoms with Crippen LogP contribution in [0.3, 0.4) is 0 Å². The molecule has 456 valence electrons. The molecular weight excluding hydrogens is 1140 g/mol. The second kappa shape index (κ2) is 19.8. The molecule has 13 fully saturated rings. The molecule has 31 heteroatoms. The molecule has 5 aliphatic heterocycles. The minimum absolute atomic E-state index is 0.891. The molecule has 8 bridgehead atoms. The number of hydrogen-bond donors (Lipinski definition) is 8. The van der Waals surface area contributed by atoms with Gasteiger partial charge >= 0.3 is 0 Å². The predicted octanol–water partition coefficient (Wildman–Crippen LogP) is 5.76. The minimum atomic E-state index is -3.37. The fourth-order valence-corrected chi connectivity index (χ4v) is 18.9. The van der Waals surface area contributed by atoms with Gasteiger partial charge < -0.3 is 0 Å². The van der Waals surface area contributed by atoms with Crippen molar-refractivity contribution in [1.82, 2.24) is 42.5 Å². The molecule has 0 spiro atoms. The Bertz CT molecular complexity index is 1860. The van der Waals surface area contributed by atoms with Crippen molar-refractivity contribution in [1.29, 1.82) is 0 Å². The molecule has 0 aromatic carbocycles. The van der Waals surface area contributed by atoms with E-state index in [4.69, 9.17) is 0 Å². The van der Waals surface area contributed by atoms with Crippen LogP contribution in [0.2, 0.25) is 0 Å². The first-order valence-corrected chi connectivity index (χ1v) is 27.5. The summed E-state index contributed by atoms with van der Waals surface area (Å²) in [6.07, 6.45) is -87.2. The van der Waals surface area contributed by atoms with Crippen molar-refractivity contribution in [3.05, 3.63) is 0 Å². The van der Waals surface area contributed by atoms with E-state index in [9.17, 15) is 0 Å². The number of alkyl halides is 23. The van der Waals surface area contributed by atoms with Crippen LogP contribution in [0.1, 0.15) is 6.92 Å². The van der Waals surface area contributed by atoms with Gasteiger partial charge in [-0.2, -0.15) is 0 Å². The predicted molar refractivity (Wildman–Crippen MR) is 233 cm³/mol. The Kier molecular flexibility index (Phi) is 14.1. The monoisotopic (exact) mass is 1200 g/mol. The zero-order valence-corrected chi connectivity index (χ0v) is 41.4. The molecule has 80 heavy (non-hydrogen) atoms. The van der Waals surface area contributed by atoms with E-state index in [1.807, 2.05) is 0 Å². The molecule has 48 unspecified atom stereocenters. The standard InChI is InChI=1S/C49H59F23N8/c1-2-19(50)3-4(29(60)20(2)51)22(53)12-11(21(3)52)42-73-43(12)75-45-15-16(26(57)8-7(25(15)56)32(63)38(69)39(70)33(8)64)47(77-45)79-49-18-17(27(58)9-10(28(18)59)35(66)41(72)40(71)34(9)65)48(80-49)78-46-14-13(44(74-42)76-46)23(54)5-6(24(14)55)31(62)37(68)36(67)30(5)61/h2-49,73-80H,1H3. The zero-order valence-electron chi connectivity index (χ0n) is 41.4. The van der Waals surface area contributed by atoms with Crippen LogP contribution in [0.4, 0.5) is 101 Å². The molecule has 13 rings (SSSR count). The van der Waals surface area contributed by atoms with Crippen LogP contribution in [-0.2, 0) is 0 Å². The van der Waals surface area contributed by atoms with Gasteiger partial charge in [-0.3, -0.25) is 42.5 Å². The van der Waals surface area contributed by atoms with Gasteiger partial charge in [0.1, 0.15) is 105 Å². The van der Waals surface area contributed by atoms with Crippen molar-refractivity contribution in [2.24, 2.45) is 101 Å². The fourth-order valence-electron chi connectivity index (χ4n) is 18.9. The van der Waals surface area contributed by atoms with Crippen molar-refractivity contribution >= 4 is 0 Å². The molecule has 0 aromatic rings. The van der Waals surface area contributed by atoms with Crippen molar-refractivity contribution in [3.63, 3.8) is 0 Å². The van der Waals surface area contributed by atoms with Gasteiger partial charge in [0, 0.05) is 101 Å². The summed E-state index contributed by atoms with van der Waals surface area (Å²) in [4.78, 5) is 0. The van der Waals surface area contributed by atoms with Crippen molar-refractivity contribution < 1.29 is 101 Å². The summed E-state index contributed by atoms with van der Waals surface area (Å²) in [5, 5.41) is 21.4. The molecule has 13 aliphatic rings. The van der Waals surface area contributed by atoms with E-state index in [2.05, 4.69) is 42.5 Å². The van der Waals surface area contributed by atoms with Crippen molar-refractivity contribution in [2.75, 3.05) is 0 Å². The van der Waals surface area contributed by atoms with Crippen molar-refractivity contribution in [2.45, 2.75) is 198 Å². The quantitative estimate of drug-likeness (QED) is 0.146. The van der Waals surface area contributed by atoms with E-state index < -0.39 is 292 Å². The molecule has 8 N–H and O–H groups in total. The highest BCUT2D eigenvalue weighted by molar-refractivity contribution is 5.23. The smallest absolute Gasteiger partial charge is 0.165 e. The second-order valence-corrected chi connectivity index (χ2v) is 25.5. The summed E-state index contributed by atoms with van der Waals surface area (Å²) >= 11 is 0. The molecule has 8 nitrogen and oxygen atoms in total. The molecule has 5 heterocycles. The number of hydrogen-bond acceptors (Lipinski definition) is 8. The third-order valence-electron chi connectivity index (χ3n) is 22.4. The Morgan fingerprint density at radius 2 is 0.263 bits per heavy atom. The summed E-state index contributed by atoms with van der Waals surface area (Å²) in [5.74, 6) is -39.6. The minimum Gasteiger partial charge on any atom is -0.286 e. The van der Waals surface area contributed by atoms with E-state index in [0.717, 1.165) is 6.92 Å². The van der Waals surface area contributed by atoms with E-state index in [1.54, 1.807) is 0 Å². The third-order valence-corrected chi connectivity index (χ3v) is 22.4. The fraction of sp³-hybridized carbons (Fsp3) is 1.00. The largest absolute Gasteiger partial charge is 0.286 e. The SMILES string of the molecule is CC1C(F)C(F)C2C(F)C3C4NC(NC5NC(NC6NC(NC7NC(N4)C4C(F)C8C(F)C(F)C(F)C(F)C8C(F)C74)C4C(F)C7C(F)C(F)C(F)C(F)C7C(F)C64)C4C(F)C6C(F)C(F)C(F)C(F)C6C(F)C54)C3C(F)C2C1F. The van der Waals surface area contributed by atoms with Gasteiger partial charge in [0.25, 0.3) is 0 Å². The Labute approximate surface area is 441 Å². The highest BCUT2D eigenvalue weighted by Crippen LogP contribution is 2.61. The van der Waals surface area contributed by atoms with Crippen LogP contribution in [0.15, 0.2) is 0 Å². The molecular formula is C49H59F23N8. The van der Waals surface area contributed by atoms with Crippen LogP contribution in [0.25, 0.3) is 0 Å². The lowest BCUT2D eigenvalue weighted by Gasteiger charge is -2.53. The van der Waals surface area contributed by atoms with Crippen LogP contribution < -0.4 is 42.5 Å².